The van der Waals surface area contributed by atoms with Crippen molar-refractivity contribution in [3.05, 3.63) is 65.2 Å². The summed E-state index contributed by atoms with van der Waals surface area (Å²) in [5, 5.41) is 0. The molecule has 2 nitrogen and oxygen atoms in total. The molecule has 2 aromatic carbocycles. The van der Waals surface area contributed by atoms with E-state index in [4.69, 9.17) is 4.74 Å². The first-order valence-electron chi connectivity index (χ1n) is 7.17. The van der Waals surface area contributed by atoms with E-state index in [2.05, 4.69) is 0 Å². The van der Waals surface area contributed by atoms with Gasteiger partial charge in [-0.2, -0.15) is 26.3 Å². The number of esters is 1. The van der Waals surface area contributed by atoms with Crippen molar-refractivity contribution in [1.29, 1.82) is 0 Å². The van der Waals surface area contributed by atoms with Gasteiger partial charge in [-0.1, -0.05) is 30.3 Å². The first-order valence-corrected chi connectivity index (χ1v) is 8.16. The van der Waals surface area contributed by atoms with Crippen molar-refractivity contribution < 1.29 is 35.9 Å². The van der Waals surface area contributed by atoms with Crippen LogP contribution in [0.2, 0.25) is 0 Å². The highest BCUT2D eigenvalue weighted by atomic mass is 32.2. The minimum Gasteiger partial charge on any atom is -0.460 e. The molecule has 0 aliphatic carbocycles. The average Bonchev–Trinajstić information content (AvgIpc) is 2.57. The number of thioether (sulfide) groups is 1. The monoisotopic (exact) mass is 394 g/mol. The number of alkyl halides is 6. The highest BCUT2D eigenvalue weighted by Crippen LogP contribution is 2.38. The third-order valence-corrected chi connectivity index (χ3v) is 4.11. The summed E-state index contributed by atoms with van der Waals surface area (Å²) in [5.41, 5.74) is -2.13. The molecule has 0 spiro atoms. The molecule has 0 aliphatic heterocycles. The Labute approximate surface area is 149 Å². The standard InChI is InChI=1S/C17H12F6O2S/c18-16(19,20)12-6-13(17(21,22)23)8-14(7-12)26-10-15(24)25-9-11-4-2-1-3-5-11/h1-8H,9-10H2. The Balaban J connectivity index is 2.05. The Bertz CT molecular complexity index is 724. The molecule has 0 N–H and O–H groups in total. The van der Waals surface area contributed by atoms with E-state index in [0.29, 0.717) is 29.5 Å². The maximum atomic E-state index is 12.8. The van der Waals surface area contributed by atoms with Gasteiger partial charge in [0.25, 0.3) is 0 Å². The normalized spacial score (nSPS) is 12.1. The molecule has 2 rings (SSSR count). The van der Waals surface area contributed by atoms with Crippen LogP contribution in [-0.4, -0.2) is 11.7 Å². The number of carbonyl (C=O) groups excluding carboxylic acids is 1. The minimum atomic E-state index is -4.93. The third kappa shape index (κ3) is 5.98. The van der Waals surface area contributed by atoms with Crippen LogP contribution in [0.4, 0.5) is 26.3 Å². The first-order chi connectivity index (χ1) is 12.1. The lowest BCUT2D eigenvalue weighted by Gasteiger charge is -2.14. The molecule has 0 unspecified atom stereocenters. The summed E-state index contributed by atoms with van der Waals surface area (Å²) >= 11 is 0.550. The smallest absolute Gasteiger partial charge is 0.416 e. The minimum absolute atomic E-state index is 0.0311. The fourth-order valence-electron chi connectivity index (χ4n) is 1.93. The van der Waals surface area contributed by atoms with Gasteiger partial charge in [0.2, 0.25) is 0 Å². The largest absolute Gasteiger partial charge is 0.460 e. The lowest BCUT2D eigenvalue weighted by Crippen LogP contribution is -2.11. The number of ether oxygens (including phenoxy) is 1. The zero-order valence-corrected chi connectivity index (χ0v) is 13.8. The van der Waals surface area contributed by atoms with Crippen molar-refractivity contribution in [3.8, 4) is 0 Å². The van der Waals surface area contributed by atoms with E-state index < -0.39 is 35.2 Å². The number of carbonyl (C=O) groups is 1. The Morgan fingerprint density at radius 2 is 1.42 bits per heavy atom. The maximum absolute atomic E-state index is 12.8. The number of hydrogen-bond acceptors (Lipinski definition) is 3. The number of hydrogen-bond donors (Lipinski definition) is 0. The molecule has 0 atom stereocenters. The number of rotatable bonds is 5. The Kier molecular flexibility index (Phi) is 6.22. The Hall–Kier alpha value is -2.16. The molecule has 0 aliphatic rings. The number of benzene rings is 2. The van der Waals surface area contributed by atoms with Crippen molar-refractivity contribution in [2.45, 2.75) is 23.9 Å². The van der Waals surface area contributed by atoms with Crippen LogP contribution in [0.25, 0.3) is 0 Å². The zero-order chi connectivity index (χ0) is 19.4. The van der Waals surface area contributed by atoms with Gasteiger partial charge in [-0.3, -0.25) is 4.79 Å². The predicted octanol–water partition coefficient (Wildman–Crippen LogP) is 5.56. The van der Waals surface area contributed by atoms with Crippen molar-refractivity contribution in [2.75, 3.05) is 5.75 Å². The average molecular weight is 394 g/mol. The molecule has 0 amide bonds. The van der Waals surface area contributed by atoms with Gasteiger partial charge in [-0.15, -0.1) is 11.8 Å². The number of halogens is 6. The van der Waals surface area contributed by atoms with Crippen LogP contribution in [0.3, 0.4) is 0 Å². The van der Waals surface area contributed by atoms with E-state index >= 15 is 0 Å². The van der Waals surface area contributed by atoms with Crippen LogP contribution in [0.15, 0.2) is 53.4 Å². The second kappa shape index (κ2) is 8.03. The van der Waals surface area contributed by atoms with Crippen LogP contribution in [0.1, 0.15) is 16.7 Å². The van der Waals surface area contributed by atoms with Gasteiger partial charge in [-0.25, -0.2) is 0 Å². The van der Waals surface area contributed by atoms with Crippen molar-refractivity contribution in [1.82, 2.24) is 0 Å². The SMILES string of the molecule is O=C(CSc1cc(C(F)(F)F)cc(C(F)(F)F)c1)OCc1ccccc1. The van der Waals surface area contributed by atoms with Crippen LogP contribution < -0.4 is 0 Å². The fraction of sp³-hybridized carbons (Fsp3) is 0.235. The molecule has 0 saturated carbocycles. The second-order valence-electron chi connectivity index (χ2n) is 5.18. The van der Waals surface area contributed by atoms with Gasteiger partial charge in [-0.05, 0) is 23.8 Å². The summed E-state index contributed by atoms with van der Waals surface area (Å²) in [6.07, 6.45) is -9.85. The zero-order valence-electron chi connectivity index (χ0n) is 13.0. The first kappa shape index (κ1) is 20.2. The molecule has 26 heavy (non-hydrogen) atoms. The van der Waals surface area contributed by atoms with Gasteiger partial charge < -0.3 is 4.74 Å². The van der Waals surface area contributed by atoms with E-state index in [1.54, 1.807) is 30.3 Å². The van der Waals surface area contributed by atoms with Gasteiger partial charge in [0.1, 0.15) is 6.61 Å². The third-order valence-electron chi connectivity index (χ3n) is 3.16. The molecule has 9 heteroatoms. The molecule has 0 radical (unpaired) electrons. The molecule has 0 heterocycles. The van der Waals surface area contributed by atoms with Crippen LogP contribution >= 0.6 is 11.8 Å². The Morgan fingerprint density at radius 1 is 0.885 bits per heavy atom. The van der Waals surface area contributed by atoms with Gasteiger partial charge >= 0.3 is 18.3 Å². The fourth-order valence-corrected chi connectivity index (χ4v) is 2.72. The van der Waals surface area contributed by atoms with Crippen LogP contribution in [0, 0.1) is 0 Å². The lowest BCUT2D eigenvalue weighted by molar-refractivity contribution is -0.143. The van der Waals surface area contributed by atoms with E-state index in [1.807, 2.05) is 0 Å². The van der Waals surface area contributed by atoms with E-state index in [1.165, 1.54) is 0 Å². The van der Waals surface area contributed by atoms with Gasteiger partial charge in [0.05, 0.1) is 16.9 Å². The molecule has 0 bridgehead atoms. The van der Waals surface area contributed by atoms with E-state index in [-0.39, 0.29) is 17.6 Å². The topological polar surface area (TPSA) is 26.3 Å². The lowest BCUT2D eigenvalue weighted by atomic mass is 10.1. The van der Waals surface area contributed by atoms with Crippen molar-refractivity contribution in [2.24, 2.45) is 0 Å². The molecule has 0 saturated heterocycles. The molecule has 0 aromatic heterocycles. The molecular weight excluding hydrogens is 382 g/mol. The summed E-state index contributed by atoms with van der Waals surface area (Å²) < 4.78 is 81.6. The van der Waals surface area contributed by atoms with Crippen molar-refractivity contribution >= 4 is 17.7 Å². The highest BCUT2D eigenvalue weighted by Gasteiger charge is 2.37. The van der Waals surface area contributed by atoms with E-state index in [0.717, 1.165) is 0 Å². The van der Waals surface area contributed by atoms with E-state index in [9.17, 15) is 31.1 Å². The maximum Gasteiger partial charge on any atom is 0.416 e. The predicted molar refractivity (Wildman–Crippen MR) is 83.4 cm³/mol. The molecule has 140 valence electrons. The molecule has 2 aromatic rings. The second-order valence-corrected chi connectivity index (χ2v) is 6.23. The van der Waals surface area contributed by atoms with Crippen LogP contribution in [0.5, 0.6) is 0 Å². The Morgan fingerprint density at radius 3 is 1.92 bits per heavy atom. The van der Waals surface area contributed by atoms with Crippen LogP contribution in [-0.2, 0) is 28.5 Å². The summed E-state index contributed by atoms with van der Waals surface area (Å²) in [5.74, 6) is -1.16. The molecular formula is C17H12F6O2S. The molecule has 0 fully saturated rings. The quantitative estimate of drug-likeness (QED) is 0.377. The summed E-state index contributed by atoms with van der Waals surface area (Å²) in [7, 11) is 0. The van der Waals surface area contributed by atoms with Gasteiger partial charge in [0, 0.05) is 4.90 Å². The highest BCUT2D eigenvalue weighted by molar-refractivity contribution is 8.00. The summed E-state index contributed by atoms with van der Waals surface area (Å²) in [4.78, 5) is 11.3. The van der Waals surface area contributed by atoms with Crippen molar-refractivity contribution in [3.63, 3.8) is 0 Å². The summed E-state index contributed by atoms with van der Waals surface area (Å²) in [6.45, 7) is -0.0311. The van der Waals surface area contributed by atoms with Gasteiger partial charge in [0.15, 0.2) is 0 Å². The summed E-state index contributed by atoms with van der Waals surface area (Å²) in [6, 6.07) is 9.85.